The molecule has 0 bridgehead atoms. The van der Waals surface area contributed by atoms with Crippen molar-refractivity contribution in [3.05, 3.63) is 12.2 Å². The Morgan fingerprint density at radius 2 is 1.30 bits per heavy atom. The molecule has 0 aromatic rings. The summed E-state index contributed by atoms with van der Waals surface area (Å²) in [7, 11) is -3.59. The van der Waals surface area contributed by atoms with E-state index in [0.29, 0.717) is 0 Å². The molecule has 1 unspecified atom stereocenters. The number of aliphatic hydroxyl groups is 1. The molecule has 6 heteroatoms. The van der Waals surface area contributed by atoms with E-state index in [-0.39, 0.29) is 37.6 Å². The third-order valence-electron chi connectivity index (χ3n) is 4.65. The van der Waals surface area contributed by atoms with E-state index in [1.807, 2.05) is 0 Å². The van der Waals surface area contributed by atoms with Crippen LogP contribution in [0.15, 0.2) is 12.2 Å². The van der Waals surface area contributed by atoms with Crippen molar-refractivity contribution >= 4 is 10.1 Å². The Hall–Kier alpha value is 0.610. The molecule has 0 saturated carbocycles. The van der Waals surface area contributed by atoms with Crippen LogP contribution in [0, 0.1) is 0 Å². The van der Waals surface area contributed by atoms with E-state index >= 15 is 0 Å². The van der Waals surface area contributed by atoms with Gasteiger partial charge in [0.15, 0.2) is 0 Å². The number of rotatable bonds is 19. The van der Waals surface area contributed by atoms with Gasteiger partial charge in [0.1, 0.15) is 5.25 Å². The molecule has 0 aromatic carbocycles. The van der Waals surface area contributed by atoms with Crippen LogP contribution in [0.25, 0.3) is 0 Å². The Kier molecular flexibility index (Phi) is 23.5. The third-order valence-corrected chi connectivity index (χ3v) is 6.28. The molecular formula is C21H43NaO4S. The van der Waals surface area contributed by atoms with Gasteiger partial charge in [0.25, 0.3) is 10.1 Å². The second-order valence-electron chi connectivity index (χ2n) is 7.25. The minimum Gasteiger partial charge on any atom is -1.00 e. The van der Waals surface area contributed by atoms with Crippen molar-refractivity contribution in [1.29, 1.82) is 0 Å². The SMILES string of the molecule is CCCCCCCC/C=C\CCCCCCCCOS(=O)(=O)C(C)CO.[H-].[Na+]. The van der Waals surface area contributed by atoms with Crippen LogP contribution in [0.2, 0.25) is 0 Å². The molecule has 27 heavy (non-hydrogen) atoms. The summed E-state index contributed by atoms with van der Waals surface area (Å²) < 4.78 is 28.0. The number of unbranched alkanes of at least 4 members (excludes halogenated alkanes) is 12. The number of hydrogen-bond donors (Lipinski definition) is 1. The summed E-state index contributed by atoms with van der Waals surface area (Å²) in [5.41, 5.74) is 0. The van der Waals surface area contributed by atoms with Crippen molar-refractivity contribution in [1.82, 2.24) is 0 Å². The van der Waals surface area contributed by atoms with E-state index in [0.717, 1.165) is 19.3 Å². The molecule has 0 aromatic heterocycles. The predicted molar refractivity (Wildman–Crippen MR) is 112 cm³/mol. The molecule has 0 rings (SSSR count). The van der Waals surface area contributed by atoms with Crippen molar-refractivity contribution in [2.75, 3.05) is 13.2 Å². The van der Waals surface area contributed by atoms with Crippen molar-refractivity contribution in [2.24, 2.45) is 0 Å². The fourth-order valence-corrected chi connectivity index (χ4v) is 3.50. The molecule has 0 spiro atoms. The van der Waals surface area contributed by atoms with E-state index in [2.05, 4.69) is 19.1 Å². The molecular weight excluding hydrogens is 371 g/mol. The monoisotopic (exact) mass is 414 g/mol. The first kappa shape index (κ1) is 29.8. The smallest absolute Gasteiger partial charge is 1.00 e. The molecule has 1 N–H and O–H groups in total. The average molecular weight is 415 g/mol. The van der Waals surface area contributed by atoms with Gasteiger partial charge in [-0.25, -0.2) is 0 Å². The van der Waals surface area contributed by atoms with Gasteiger partial charge in [0.2, 0.25) is 0 Å². The maximum absolute atomic E-state index is 11.5. The molecule has 0 radical (unpaired) electrons. The Morgan fingerprint density at radius 1 is 0.852 bits per heavy atom. The first-order chi connectivity index (χ1) is 12.5. The average Bonchev–Trinajstić information content (AvgIpc) is 2.63. The molecule has 0 aliphatic rings. The van der Waals surface area contributed by atoms with E-state index in [9.17, 15) is 8.42 Å². The van der Waals surface area contributed by atoms with E-state index in [4.69, 9.17) is 9.29 Å². The first-order valence-electron chi connectivity index (χ1n) is 10.7. The topological polar surface area (TPSA) is 63.6 Å². The quantitative estimate of drug-likeness (QED) is 0.153. The summed E-state index contributed by atoms with van der Waals surface area (Å²) in [6, 6.07) is 0. The van der Waals surface area contributed by atoms with E-state index < -0.39 is 22.0 Å². The van der Waals surface area contributed by atoms with Gasteiger partial charge in [-0.3, -0.25) is 4.18 Å². The first-order valence-corrected chi connectivity index (χ1v) is 12.2. The summed E-state index contributed by atoms with van der Waals surface area (Å²) in [5.74, 6) is 0. The predicted octanol–water partition coefficient (Wildman–Crippen LogP) is 2.87. The fraction of sp³-hybridized carbons (Fsp3) is 0.905. The zero-order valence-electron chi connectivity index (χ0n) is 19.1. The van der Waals surface area contributed by atoms with Gasteiger partial charge >= 0.3 is 29.6 Å². The van der Waals surface area contributed by atoms with Gasteiger partial charge < -0.3 is 6.53 Å². The zero-order chi connectivity index (χ0) is 19.5. The van der Waals surface area contributed by atoms with Crippen LogP contribution in [0.3, 0.4) is 0 Å². The third kappa shape index (κ3) is 19.7. The summed E-state index contributed by atoms with van der Waals surface area (Å²) in [6.45, 7) is 3.55. The molecule has 158 valence electrons. The van der Waals surface area contributed by atoms with Crippen LogP contribution < -0.4 is 29.6 Å². The van der Waals surface area contributed by atoms with Crippen molar-refractivity contribution in [2.45, 2.75) is 109 Å². The van der Waals surface area contributed by atoms with E-state index in [1.54, 1.807) is 0 Å². The second kappa shape index (κ2) is 21.3. The molecule has 0 fully saturated rings. The summed E-state index contributed by atoms with van der Waals surface area (Å²) in [4.78, 5) is 0. The number of hydrogen-bond acceptors (Lipinski definition) is 4. The fourth-order valence-electron chi connectivity index (χ4n) is 2.73. The molecule has 0 saturated heterocycles. The zero-order valence-corrected chi connectivity index (χ0v) is 20.9. The Labute approximate surface area is 192 Å². The van der Waals surface area contributed by atoms with Gasteiger partial charge in [-0.15, -0.1) is 0 Å². The molecule has 0 amide bonds. The van der Waals surface area contributed by atoms with Crippen LogP contribution in [0.1, 0.15) is 105 Å². The summed E-state index contributed by atoms with van der Waals surface area (Å²) in [5, 5.41) is 8.01. The van der Waals surface area contributed by atoms with Gasteiger partial charge in [0.05, 0.1) is 13.2 Å². The number of allylic oxidation sites excluding steroid dienone is 2. The normalized spacial score (nSPS) is 13.0. The Bertz CT molecular complexity index is 430. The van der Waals surface area contributed by atoms with Crippen LogP contribution >= 0.6 is 0 Å². The maximum Gasteiger partial charge on any atom is 1.00 e. The molecule has 4 nitrogen and oxygen atoms in total. The molecule has 0 heterocycles. The van der Waals surface area contributed by atoms with Gasteiger partial charge in [-0.2, -0.15) is 8.42 Å². The van der Waals surface area contributed by atoms with Crippen LogP contribution in [0.5, 0.6) is 0 Å². The maximum atomic E-state index is 11.5. The van der Waals surface area contributed by atoms with Gasteiger partial charge in [-0.05, 0) is 39.0 Å². The van der Waals surface area contributed by atoms with Gasteiger partial charge in [-0.1, -0.05) is 76.9 Å². The largest absolute Gasteiger partial charge is 1.00 e. The van der Waals surface area contributed by atoms with Crippen LogP contribution in [-0.4, -0.2) is 32.0 Å². The van der Waals surface area contributed by atoms with Crippen molar-refractivity contribution in [3.8, 4) is 0 Å². The Morgan fingerprint density at radius 3 is 1.78 bits per heavy atom. The van der Waals surface area contributed by atoms with E-state index in [1.165, 1.54) is 77.6 Å². The number of aliphatic hydroxyl groups excluding tert-OH is 1. The standard InChI is InChI=1S/C21H42O4S.Na.H/c1-3-4-5-6-7-8-9-10-11-12-13-14-15-16-17-18-19-25-26(23,24)21(2)20-22;;/h10-11,21-22H,3-9,12-20H2,1-2H3;;/q;+1;-1/b11-10-;;. The van der Waals surface area contributed by atoms with Gasteiger partial charge in [0, 0.05) is 0 Å². The summed E-state index contributed by atoms with van der Waals surface area (Å²) >= 11 is 0. The Balaban J connectivity index is -0.00000312. The van der Waals surface area contributed by atoms with Crippen LogP contribution in [-0.2, 0) is 14.3 Å². The second-order valence-corrected chi connectivity index (χ2v) is 9.27. The minimum absolute atomic E-state index is 0. The van der Waals surface area contributed by atoms with Crippen molar-refractivity contribution < 1.29 is 48.7 Å². The minimum atomic E-state index is -3.59. The molecule has 0 aliphatic heterocycles. The van der Waals surface area contributed by atoms with Crippen LogP contribution in [0.4, 0.5) is 0 Å². The molecule has 1 atom stereocenters. The molecule has 0 aliphatic carbocycles. The summed E-state index contributed by atoms with van der Waals surface area (Å²) in [6.07, 6.45) is 21.8. The van der Waals surface area contributed by atoms with Crippen molar-refractivity contribution in [3.63, 3.8) is 0 Å².